The zero-order chi connectivity index (χ0) is 20.5. The van der Waals surface area contributed by atoms with Crippen molar-refractivity contribution in [3.8, 4) is 5.69 Å². The van der Waals surface area contributed by atoms with E-state index in [-0.39, 0.29) is 19.1 Å². The van der Waals surface area contributed by atoms with Crippen LogP contribution in [-0.4, -0.2) is 62.6 Å². The van der Waals surface area contributed by atoms with Gasteiger partial charge in [-0.25, -0.2) is 13.5 Å². The maximum Gasteiger partial charge on any atom is 0.272 e. The zero-order valence-electron chi connectivity index (χ0n) is 16.5. The summed E-state index contributed by atoms with van der Waals surface area (Å²) >= 11 is 6.62. The van der Waals surface area contributed by atoms with Crippen molar-refractivity contribution in [1.29, 1.82) is 0 Å². The van der Waals surface area contributed by atoms with Gasteiger partial charge in [0.15, 0.2) is 0 Å². The predicted molar refractivity (Wildman–Crippen MR) is 112 cm³/mol. The quantitative estimate of drug-likeness (QED) is 0.621. The number of hydrogen-bond acceptors (Lipinski definition) is 4. The Hall–Kier alpha value is -2.19. The van der Waals surface area contributed by atoms with E-state index in [2.05, 4.69) is 21.2 Å². The summed E-state index contributed by atoms with van der Waals surface area (Å²) in [5.41, 5.74) is 2.92. The number of nitrogens with zero attached hydrogens (tertiary/aromatic N) is 6. The van der Waals surface area contributed by atoms with Gasteiger partial charge in [-0.2, -0.15) is 10.2 Å². The minimum absolute atomic E-state index is 0.0991. The molecule has 0 amide bonds. The summed E-state index contributed by atoms with van der Waals surface area (Å²) in [6, 6.07) is 4.82. The summed E-state index contributed by atoms with van der Waals surface area (Å²) in [5, 5.41) is 10.7. The van der Waals surface area contributed by atoms with Crippen molar-refractivity contribution in [1.82, 2.24) is 24.5 Å². The summed E-state index contributed by atoms with van der Waals surface area (Å²) in [6.07, 6.45) is 9.85. The number of rotatable bonds is 4. The van der Waals surface area contributed by atoms with Gasteiger partial charge < -0.3 is 4.90 Å². The van der Waals surface area contributed by atoms with E-state index < -0.39 is 5.92 Å². The van der Waals surface area contributed by atoms with E-state index >= 15 is 0 Å². The lowest BCUT2D eigenvalue weighted by Gasteiger charge is -2.47. The molecule has 0 bridgehead atoms. The largest absolute Gasteiger partial charge is 0.370 e. The average Bonchev–Trinajstić information content (AvgIpc) is 3.30. The molecule has 9 heteroatoms. The van der Waals surface area contributed by atoms with Crippen molar-refractivity contribution >= 4 is 28.2 Å². The van der Waals surface area contributed by atoms with Gasteiger partial charge >= 0.3 is 0 Å². The highest BCUT2D eigenvalue weighted by Gasteiger charge is 2.46. The Labute approximate surface area is 178 Å². The number of benzene rings is 1. The molecular weight excluding hydrogens is 410 g/mol. The number of piperidine rings is 1. The van der Waals surface area contributed by atoms with Crippen LogP contribution in [0.2, 0.25) is 5.02 Å². The highest BCUT2D eigenvalue weighted by molar-refractivity contribution is 6.34. The third-order valence-electron chi connectivity index (χ3n) is 6.58. The summed E-state index contributed by atoms with van der Waals surface area (Å²) < 4.78 is 30.3. The first-order valence-corrected chi connectivity index (χ1v) is 10.9. The summed E-state index contributed by atoms with van der Waals surface area (Å²) in [7, 11) is 0. The van der Waals surface area contributed by atoms with Crippen LogP contribution in [0.5, 0.6) is 0 Å². The second-order valence-electron chi connectivity index (χ2n) is 8.81. The molecule has 3 aromatic rings. The van der Waals surface area contributed by atoms with E-state index in [0.29, 0.717) is 11.1 Å². The van der Waals surface area contributed by atoms with Gasteiger partial charge in [0.25, 0.3) is 5.92 Å². The third kappa shape index (κ3) is 3.17. The molecular formula is C21H23ClF2N6. The van der Waals surface area contributed by atoms with Crippen molar-refractivity contribution in [2.24, 2.45) is 0 Å². The minimum atomic E-state index is -2.50. The van der Waals surface area contributed by atoms with Crippen LogP contribution in [0.25, 0.3) is 16.6 Å². The fourth-order valence-electron chi connectivity index (χ4n) is 4.74. The Balaban J connectivity index is 1.24. The molecule has 30 heavy (non-hydrogen) atoms. The molecule has 1 saturated carbocycles. The summed E-state index contributed by atoms with van der Waals surface area (Å²) in [4.78, 5) is 4.18. The van der Waals surface area contributed by atoms with Gasteiger partial charge in [0.2, 0.25) is 0 Å². The topological polar surface area (TPSA) is 42.1 Å². The molecule has 2 aliphatic heterocycles. The van der Waals surface area contributed by atoms with Gasteiger partial charge in [0.1, 0.15) is 5.69 Å². The maximum atomic E-state index is 13.2. The van der Waals surface area contributed by atoms with E-state index in [4.69, 9.17) is 11.6 Å². The Kier molecular flexibility index (Phi) is 4.12. The lowest BCUT2D eigenvalue weighted by molar-refractivity contribution is -0.148. The molecule has 0 radical (unpaired) electrons. The minimum Gasteiger partial charge on any atom is -0.370 e. The first-order chi connectivity index (χ1) is 14.5. The first-order valence-electron chi connectivity index (χ1n) is 10.6. The molecule has 0 atom stereocenters. The second kappa shape index (κ2) is 6.65. The second-order valence-corrected chi connectivity index (χ2v) is 9.21. The number of alkyl halides is 2. The Morgan fingerprint density at radius 3 is 2.43 bits per heavy atom. The lowest BCUT2D eigenvalue weighted by Crippen LogP contribution is -2.61. The van der Waals surface area contributed by atoms with Crippen LogP contribution in [0.4, 0.5) is 14.5 Å². The molecule has 1 aromatic carbocycles. The molecule has 6 rings (SSSR count). The van der Waals surface area contributed by atoms with Gasteiger partial charge in [-0.15, -0.1) is 0 Å². The first kappa shape index (κ1) is 18.6. The molecule has 0 unspecified atom stereocenters. The lowest BCUT2D eigenvalue weighted by atomic mass is 9.97. The Bertz CT molecular complexity index is 1090. The molecule has 0 N–H and O–H groups in total. The van der Waals surface area contributed by atoms with Gasteiger partial charge in [0.05, 0.1) is 53.9 Å². The van der Waals surface area contributed by atoms with Crippen molar-refractivity contribution < 1.29 is 8.78 Å². The van der Waals surface area contributed by atoms with Gasteiger partial charge in [-0.1, -0.05) is 11.6 Å². The molecule has 0 spiro atoms. The fourth-order valence-corrected chi connectivity index (χ4v) is 5.03. The van der Waals surface area contributed by atoms with Crippen LogP contribution < -0.4 is 4.90 Å². The number of hydrogen-bond donors (Lipinski definition) is 0. The molecule has 4 heterocycles. The van der Waals surface area contributed by atoms with E-state index in [0.717, 1.165) is 48.2 Å². The van der Waals surface area contributed by atoms with Crippen molar-refractivity contribution in [2.45, 2.75) is 43.7 Å². The maximum absolute atomic E-state index is 13.2. The highest BCUT2D eigenvalue weighted by Crippen LogP contribution is 2.37. The molecule has 158 valence electrons. The van der Waals surface area contributed by atoms with Crippen molar-refractivity contribution in [2.75, 3.05) is 31.1 Å². The third-order valence-corrected chi connectivity index (χ3v) is 6.88. The number of likely N-dealkylation sites (tertiary alicyclic amines) is 1. The number of anilines is 1. The number of fused-ring (bicyclic) bond motifs is 1. The van der Waals surface area contributed by atoms with E-state index in [1.54, 1.807) is 0 Å². The normalized spacial score (nSPS) is 22.6. The fraction of sp³-hybridized carbons (Fsp3) is 0.524. The summed E-state index contributed by atoms with van der Waals surface area (Å²) in [6.45, 7) is 1.42. The van der Waals surface area contributed by atoms with E-state index in [1.807, 2.05) is 38.9 Å². The number of aromatic nitrogens is 4. The molecule has 2 saturated heterocycles. The van der Waals surface area contributed by atoms with Crippen LogP contribution in [0.1, 0.15) is 31.7 Å². The van der Waals surface area contributed by atoms with Crippen LogP contribution in [0, 0.1) is 0 Å². The SMILES string of the molecule is FC1(F)CN(C2CCN(c3cc4c(cnn4-c4cnn(C5CC5)c4)cc3Cl)CC2)C1. The van der Waals surface area contributed by atoms with Crippen LogP contribution >= 0.6 is 11.6 Å². The van der Waals surface area contributed by atoms with Crippen LogP contribution in [0.15, 0.2) is 30.7 Å². The zero-order valence-corrected chi connectivity index (χ0v) is 17.3. The van der Waals surface area contributed by atoms with Crippen LogP contribution in [0.3, 0.4) is 0 Å². The van der Waals surface area contributed by atoms with Crippen molar-refractivity contribution in [3.63, 3.8) is 0 Å². The van der Waals surface area contributed by atoms with E-state index in [9.17, 15) is 8.78 Å². The Morgan fingerprint density at radius 2 is 1.73 bits per heavy atom. The van der Waals surface area contributed by atoms with E-state index in [1.165, 1.54) is 12.8 Å². The predicted octanol–water partition coefficient (Wildman–Crippen LogP) is 4.13. The smallest absolute Gasteiger partial charge is 0.272 e. The van der Waals surface area contributed by atoms with Gasteiger partial charge in [-0.3, -0.25) is 9.58 Å². The molecule has 1 aliphatic carbocycles. The summed E-state index contributed by atoms with van der Waals surface area (Å²) in [5.74, 6) is -2.50. The van der Waals surface area contributed by atoms with Gasteiger partial charge in [0, 0.05) is 24.5 Å². The molecule has 6 nitrogen and oxygen atoms in total. The molecule has 3 aliphatic rings. The van der Waals surface area contributed by atoms with Crippen molar-refractivity contribution in [3.05, 3.63) is 35.7 Å². The van der Waals surface area contributed by atoms with Gasteiger partial charge in [-0.05, 0) is 37.8 Å². The monoisotopic (exact) mass is 432 g/mol. The number of halogens is 3. The van der Waals surface area contributed by atoms with Crippen LogP contribution in [-0.2, 0) is 0 Å². The Morgan fingerprint density at radius 1 is 0.967 bits per heavy atom. The standard InChI is InChI=1S/C21H23ClF2N6/c22-18-7-14-9-26-30(17-10-25-29(11-17)16-1-2-16)19(14)8-20(18)27-5-3-15(4-6-27)28-12-21(23,24)13-28/h7-11,15-16H,1-6,12-13H2. The molecule has 3 fully saturated rings. The molecule has 2 aromatic heterocycles. The average molecular weight is 433 g/mol. The highest BCUT2D eigenvalue weighted by atomic mass is 35.5.